The minimum atomic E-state index is -3.53. The van der Waals surface area contributed by atoms with E-state index in [1.807, 2.05) is 7.05 Å². The molecule has 0 aliphatic heterocycles. The maximum atomic E-state index is 13.0. The lowest BCUT2D eigenvalue weighted by molar-refractivity contribution is 0.267. The minimum Gasteiger partial charge on any atom is -0.396 e. The number of hydrogen-bond donors (Lipinski definition) is 2. The lowest BCUT2D eigenvalue weighted by Crippen LogP contribution is -2.39. The molecule has 0 saturated heterocycles. The maximum Gasteiger partial charge on any atom is 0.243 e. The number of halogens is 1. The van der Waals surface area contributed by atoms with Crippen molar-refractivity contribution >= 4 is 21.6 Å². The molecule has 5 nitrogen and oxygen atoms in total. The van der Waals surface area contributed by atoms with Gasteiger partial charge in [-0.25, -0.2) is 8.42 Å². The van der Waals surface area contributed by atoms with Crippen LogP contribution in [-0.2, 0) is 23.0 Å². The molecule has 0 heterocycles. The summed E-state index contributed by atoms with van der Waals surface area (Å²) in [6.45, 7) is 0.942. The Morgan fingerprint density at radius 2 is 1.77 bits per heavy atom. The van der Waals surface area contributed by atoms with Gasteiger partial charge in [-0.2, -0.15) is 4.31 Å². The van der Waals surface area contributed by atoms with E-state index in [4.69, 9.17) is 11.6 Å². The Morgan fingerprint density at radius 1 is 1.10 bits per heavy atom. The molecule has 2 aromatic carbocycles. The fourth-order valence-corrected chi connectivity index (χ4v) is 5.95. The van der Waals surface area contributed by atoms with E-state index in [-0.39, 0.29) is 17.5 Å². The predicted molar refractivity (Wildman–Crippen MR) is 121 cm³/mol. The van der Waals surface area contributed by atoms with Crippen LogP contribution in [0.4, 0.5) is 0 Å². The topological polar surface area (TPSA) is 69.6 Å². The third-order valence-corrected chi connectivity index (χ3v) is 8.29. The molecule has 1 fully saturated rings. The number of aliphatic hydroxyl groups excluding tert-OH is 1. The van der Waals surface area contributed by atoms with E-state index in [1.54, 1.807) is 31.3 Å². The molecule has 3 rings (SSSR count). The van der Waals surface area contributed by atoms with E-state index in [1.165, 1.54) is 15.4 Å². The fourth-order valence-electron chi connectivity index (χ4n) is 4.41. The zero-order chi connectivity index (χ0) is 21.7. The van der Waals surface area contributed by atoms with Gasteiger partial charge in [0.1, 0.15) is 0 Å². The predicted octanol–water partition coefficient (Wildman–Crippen LogP) is 3.94. The molecule has 1 aliphatic rings. The Morgan fingerprint density at radius 3 is 2.37 bits per heavy atom. The number of sulfonamides is 1. The van der Waals surface area contributed by atoms with Crippen LogP contribution in [0.5, 0.6) is 0 Å². The van der Waals surface area contributed by atoms with Gasteiger partial charge in [-0.1, -0.05) is 29.8 Å². The van der Waals surface area contributed by atoms with Gasteiger partial charge in [0.2, 0.25) is 10.0 Å². The van der Waals surface area contributed by atoms with Gasteiger partial charge in [-0.15, -0.1) is 0 Å². The van der Waals surface area contributed by atoms with Crippen molar-refractivity contribution in [2.24, 2.45) is 0 Å². The van der Waals surface area contributed by atoms with Gasteiger partial charge in [0.25, 0.3) is 0 Å². The molecule has 0 amide bonds. The zero-order valence-electron chi connectivity index (χ0n) is 17.6. The van der Waals surface area contributed by atoms with Crippen molar-refractivity contribution in [3.63, 3.8) is 0 Å². The Bertz CT molecular complexity index is 939. The third kappa shape index (κ3) is 5.24. The van der Waals surface area contributed by atoms with Crippen LogP contribution in [0.25, 0.3) is 0 Å². The standard InChI is InChI=1S/C23H31ClN2O3S/c1-25-16-19-15-17(13-14-27)3-12-23(19)18-4-8-21(9-5-18)26(2)30(28,29)22-10-6-20(24)7-11-22/h3,6-7,10-12,15,18,21,25,27H,4-5,8-9,13-14,16H2,1-2H3/t18-,21-. The number of nitrogens with zero attached hydrogens (tertiary/aromatic N) is 1. The largest absolute Gasteiger partial charge is 0.396 e. The lowest BCUT2D eigenvalue weighted by atomic mass is 9.79. The van der Waals surface area contributed by atoms with Gasteiger partial charge in [-0.05, 0) is 86.0 Å². The maximum absolute atomic E-state index is 13.0. The molecule has 30 heavy (non-hydrogen) atoms. The first-order chi connectivity index (χ1) is 14.4. The highest BCUT2D eigenvalue weighted by atomic mass is 35.5. The molecule has 0 spiro atoms. The van der Waals surface area contributed by atoms with Crippen molar-refractivity contribution in [3.05, 3.63) is 64.2 Å². The molecule has 0 radical (unpaired) electrons. The van der Waals surface area contributed by atoms with Crippen LogP contribution < -0.4 is 5.32 Å². The van der Waals surface area contributed by atoms with E-state index in [9.17, 15) is 13.5 Å². The Kier molecular flexibility index (Phi) is 7.93. The van der Waals surface area contributed by atoms with Crippen LogP contribution in [0.15, 0.2) is 47.4 Å². The van der Waals surface area contributed by atoms with Crippen LogP contribution in [0.1, 0.15) is 48.3 Å². The minimum absolute atomic E-state index is 0.00309. The highest BCUT2D eigenvalue weighted by molar-refractivity contribution is 7.89. The summed E-state index contributed by atoms with van der Waals surface area (Å²) in [4.78, 5) is 0.285. The molecule has 0 unspecified atom stereocenters. The van der Waals surface area contributed by atoms with Gasteiger partial charge in [0.15, 0.2) is 0 Å². The van der Waals surface area contributed by atoms with E-state index in [2.05, 4.69) is 23.5 Å². The van der Waals surface area contributed by atoms with Crippen LogP contribution >= 0.6 is 11.6 Å². The summed E-state index contributed by atoms with van der Waals surface area (Å²) in [5.74, 6) is 0.430. The zero-order valence-corrected chi connectivity index (χ0v) is 19.2. The first-order valence-electron chi connectivity index (χ1n) is 10.5. The molecule has 0 atom stereocenters. The number of nitrogens with one attached hydrogen (secondary N) is 1. The van der Waals surface area contributed by atoms with Gasteiger partial charge in [-0.3, -0.25) is 0 Å². The van der Waals surface area contributed by atoms with Crippen molar-refractivity contribution < 1.29 is 13.5 Å². The van der Waals surface area contributed by atoms with Crippen LogP contribution in [0, 0.1) is 0 Å². The normalized spacial score (nSPS) is 19.9. The van der Waals surface area contributed by atoms with E-state index >= 15 is 0 Å². The first kappa shape index (κ1) is 23.2. The number of benzene rings is 2. The molecule has 0 bridgehead atoms. The molecule has 2 N–H and O–H groups in total. The molecule has 0 aromatic heterocycles. The van der Waals surface area contributed by atoms with Gasteiger partial charge in [0, 0.05) is 31.3 Å². The van der Waals surface area contributed by atoms with Crippen molar-refractivity contribution in [1.82, 2.24) is 9.62 Å². The lowest BCUT2D eigenvalue weighted by Gasteiger charge is -2.35. The van der Waals surface area contributed by atoms with Crippen molar-refractivity contribution in [3.8, 4) is 0 Å². The second kappa shape index (κ2) is 10.2. The summed E-state index contributed by atoms with van der Waals surface area (Å²) in [6, 6.07) is 12.8. The fraction of sp³-hybridized carbons (Fsp3) is 0.478. The molecule has 1 saturated carbocycles. The molecule has 164 valence electrons. The number of hydrogen-bond acceptors (Lipinski definition) is 4. The molecular formula is C23H31ClN2O3S. The molecule has 2 aromatic rings. The summed E-state index contributed by atoms with van der Waals surface area (Å²) < 4.78 is 27.5. The molecule has 7 heteroatoms. The second-order valence-electron chi connectivity index (χ2n) is 8.02. The van der Waals surface area contributed by atoms with Gasteiger partial charge < -0.3 is 10.4 Å². The number of aliphatic hydroxyl groups is 1. The third-order valence-electron chi connectivity index (χ3n) is 6.12. The van der Waals surface area contributed by atoms with Crippen LogP contribution in [-0.4, -0.2) is 44.6 Å². The van der Waals surface area contributed by atoms with Crippen LogP contribution in [0.3, 0.4) is 0 Å². The summed E-state index contributed by atoms with van der Waals surface area (Å²) in [5.41, 5.74) is 3.76. The second-order valence-corrected chi connectivity index (χ2v) is 10.5. The quantitative estimate of drug-likeness (QED) is 0.639. The Labute approximate surface area is 185 Å². The summed E-state index contributed by atoms with van der Waals surface area (Å²) in [5, 5.41) is 13.0. The van der Waals surface area contributed by atoms with Crippen LogP contribution in [0.2, 0.25) is 5.02 Å². The van der Waals surface area contributed by atoms with Gasteiger partial charge >= 0.3 is 0 Å². The average Bonchev–Trinajstić information content (AvgIpc) is 2.74. The number of rotatable bonds is 8. The van der Waals surface area contributed by atoms with Crippen molar-refractivity contribution in [2.75, 3.05) is 20.7 Å². The highest BCUT2D eigenvalue weighted by Crippen LogP contribution is 2.37. The molecular weight excluding hydrogens is 420 g/mol. The van der Waals surface area contributed by atoms with E-state index in [0.29, 0.717) is 17.4 Å². The highest BCUT2D eigenvalue weighted by Gasteiger charge is 2.32. The Balaban J connectivity index is 1.70. The van der Waals surface area contributed by atoms with E-state index < -0.39 is 10.0 Å². The van der Waals surface area contributed by atoms with Gasteiger partial charge in [0.05, 0.1) is 4.90 Å². The molecule has 1 aliphatic carbocycles. The van der Waals surface area contributed by atoms with E-state index in [0.717, 1.165) is 37.8 Å². The summed E-state index contributed by atoms with van der Waals surface area (Å²) >= 11 is 5.90. The average molecular weight is 451 g/mol. The smallest absolute Gasteiger partial charge is 0.243 e. The SMILES string of the molecule is CNCc1cc(CCO)ccc1[C@H]1CC[C@H](N(C)S(=O)(=O)c2ccc(Cl)cc2)CC1. The van der Waals surface area contributed by atoms with Crippen molar-refractivity contribution in [2.45, 2.75) is 55.5 Å². The first-order valence-corrected chi connectivity index (χ1v) is 12.3. The van der Waals surface area contributed by atoms with Crippen molar-refractivity contribution in [1.29, 1.82) is 0 Å². The monoisotopic (exact) mass is 450 g/mol. The summed E-state index contributed by atoms with van der Waals surface area (Å²) in [7, 11) is 0.101. The summed E-state index contributed by atoms with van der Waals surface area (Å²) in [6.07, 6.45) is 4.26. The Hall–Kier alpha value is -1.44.